The van der Waals surface area contributed by atoms with Gasteiger partial charge in [0.25, 0.3) is 5.91 Å². The average Bonchev–Trinajstić information content (AvgIpc) is 2.68. The highest BCUT2D eigenvalue weighted by atomic mass is 79.9. The summed E-state index contributed by atoms with van der Waals surface area (Å²) in [5.41, 5.74) is 5.81. The Morgan fingerprint density at radius 2 is 2.31 bits per heavy atom. The summed E-state index contributed by atoms with van der Waals surface area (Å²) in [6, 6.07) is 4.73. The largest absolute Gasteiger partial charge is 0.337 e. The number of benzene rings is 1. The minimum absolute atomic E-state index is 0.0131. The maximum Gasteiger partial charge on any atom is 0.256 e. The van der Waals surface area contributed by atoms with Gasteiger partial charge in [-0.15, -0.1) is 0 Å². The van der Waals surface area contributed by atoms with E-state index in [-0.39, 0.29) is 17.5 Å². The quantitative estimate of drug-likeness (QED) is 0.855. The van der Waals surface area contributed by atoms with Crippen LogP contribution in [0.2, 0.25) is 0 Å². The molecule has 1 amide bonds. The minimum Gasteiger partial charge on any atom is -0.337 e. The lowest BCUT2D eigenvalue weighted by atomic mass is 10.2. The topological polar surface area (TPSA) is 46.3 Å². The van der Waals surface area contributed by atoms with E-state index in [1.165, 1.54) is 6.07 Å². The molecule has 1 aliphatic heterocycles. The second-order valence-electron chi connectivity index (χ2n) is 3.90. The fourth-order valence-corrected chi connectivity index (χ4v) is 2.18. The SMILES string of the molecule is N[C@@H]1CCN(C(=O)c2cccc(Br)c2F)C1. The number of halogens is 2. The summed E-state index contributed by atoms with van der Waals surface area (Å²) in [5, 5.41) is 0. The van der Waals surface area contributed by atoms with E-state index in [2.05, 4.69) is 15.9 Å². The molecule has 1 saturated heterocycles. The first-order chi connectivity index (χ1) is 7.59. The van der Waals surface area contributed by atoms with E-state index in [9.17, 15) is 9.18 Å². The summed E-state index contributed by atoms with van der Waals surface area (Å²) in [5.74, 6) is -0.792. The van der Waals surface area contributed by atoms with Crippen molar-refractivity contribution in [3.63, 3.8) is 0 Å². The van der Waals surface area contributed by atoms with Gasteiger partial charge >= 0.3 is 0 Å². The summed E-state index contributed by atoms with van der Waals surface area (Å²) < 4.78 is 14.0. The van der Waals surface area contributed by atoms with Gasteiger partial charge < -0.3 is 10.6 Å². The van der Waals surface area contributed by atoms with Crippen LogP contribution in [0.3, 0.4) is 0 Å². The highest BCUT2D eigenvalue weighted by Gasteiger charge is 2.26. The molecule has 86 valence electrons. The summed E-state index contributed by atoms with van der Waals surface area (Å²) in [6.45, 7) is 1.11. The molecule has 1 aromatic rings. The van der Waals surface area contributed by atoms with E-state index >= 15 is 0 Å². The molecule has 2 N–H and O–H groups in total. The van der Waals surface area contributed by atoms with Crippen LogP contribution in [0.4, 0.5) is 4.39 Å². The molecule has 0 spiro atoms. The molecule has 5 heteroatoms. The zero-order valence-electron chi connectivity index (χ0n) is 8.62. The molecule has 0 saturated carbocycles. The number of hydrogen-bond acceptors (Lipinski definition) is 2. The van der Waals surface area contributed by atoms with Gasteiger partial charge in [0, 0.05) is 19.1 Å². The summed E-state index contributed by atoms with van der Waals surface area (Å²) in [6.07, 6.45) is 0.779. The van der Waals surface area contributed by atoms with Crippen LogP contribution in [0.15, 0.2) is 22.7 Å². The number of carbonyl (C=O) groups excluding carboxylic acids is 1. The number of nitrogens with two attached hydrogens (primary N) is 1. The Bertz CT molecular complexity index is 424. The highest BCUT2D eigenvalue weighted by molar-refractivity contribution is 9.10. The molecular weight excluding hydrogens is 275 g/mol. The second kappa shape index (κ2) is 4.51. The third kappa shape index (κ3) is 2.10. The van der Waals surface area contributed by atoms with E-state index in [4.69, 9.17) is 5.73 Å². The average molecular weight is 287 g/mol. The Hall–Kier alpha value is -0.940. The maximum absolute atomic E-state index is 13.7. The molecule has 0 aromatic heterocycles. The first-order valence-corrected chi connectivity index (χ1v) is 5.87. The Morgan fingerprint density at radius 1 is 1.56 bits per heavy atom. The smallest absolute Gasteiger partial charge is 0.256 e. The van der Waals surface area contributed by atoms with Crippen molar-refractivity contribution in [2.75, 3.05) is 13.1 Å². The van der Waals surface area contributed by atoms with Crippen LogP contribution in [-0.2, 0) is 0 Å². The van der Waals surface area contributed by atoms with E-state index in [1.54, 1.807) is 17.0 Å². The zero-order chi connectivity index (χ0) is 11.7. The highest BCUT2D eigenvalue weighted by Crippen LogP contribution is 2.21. The first-order valence-electron chi connectivity index (χ1n) is 5.08. The molecule has 0 radical (unpaired) electrons. The van der Waals surface area contributed by atoms with Gasteiger partial charge in [-0.1, -0.05) is 6.07 Å². The Morgan fingerprint density at radius 3 is 2.94 bits per heavy atom. The van der Waals surface area contributed by atoms with Crippen molar-refractivity contribution in [3.05, 3.63) is 34.1 Å². The summed E-state index contributed by atoms with van der Waals surface area (Å²) >= 11 is 3.06. The van der Waals surface area contributed by atoms with Crippen molar-refractivity contribution in [1.82, 2.24) is 4.90 Å². The normalized spacial score (nSPS) is 20.2. The van der Waals surface area contributed by atoms with Gasteiger partial charge in [0.2, 0.25) is 0 Å². The third-order valence-corrected chi connectivity index (χ3v) is 3.31. The van der Waals surface area contributed by atoms with Gasteiger partial charge in [-0.25, -0.2) is 4.39 Å². The number of likely N-dealkylation sites (tertiary alicyclic amines) is 1. The van der Waals surface area contributed by atoms with Gasteiger partial charge in [-0.05, 0) is 34.5 Å². The van der Waals surface area contributed by atoms with Gasteiger partial charge in [0.1, 0.15) is 5.82 Å². The minimum atomic E-state index is -0.507. The second-order valence-corrected chi connectivity index (χ2v) is 4.76. The first kappa shape index (κ1) is 11.5. The number of hydrogen-bond donors (Lipinski definition) is 1. The lowest BCUT2D eigenvalue weighted by Gasteiger charge is -2.16. The molecule has 2 rings (SSSR count). The number of carbonyl (C=O) groups is 1. The van der Waals surface area contributed by atoms with Crippen LogP contribution >= 0.6 is 15.9 Å². The van der Waals surface area contributed by atoms with Crippen LogP contribution in [0.25, 0.3) is 0 Å². The molecule has 1 heterocycles. The van der Waals surface area contributed by atoms with Crippen molar-refractivity contribution >= 4 is 21.8 Å². The zero-order valence-corrected chi connectivity index (χ0v) is 10.2. The predicted octanol–water partition coefficient (Wildman–Crippen LogP) is 1.76. The fourth-order valence-electron chi connectivity index (χ4n) is 1.81. The van der Waals surface area contributed by atoms with Gasteiger partial charge in [0.05, 0.1) is 10.0 Å². The Labute approximate surface area is 102 Å². The number of rotatable bonds is 1. The summed E-state index contributed by atoms with van der Waals surface area (Å²) in [7, 11) is 0. The standard InChI is InChI=1S/C11H12BrFN2O/c12-9-3-1-2-8(10(9)13)11(16)15-5-4-7(14)6-15/h1-3,7H,4-6,14H2/t7-/m1/s1. The van der Waals surface area contributed by atoms with Gasteiger partial charge in [-0.2, -0.15) is 0 Å². The van der Waals surface area contributed by atoms with Crippen molar-refractivity contribution in [1.29, 1.82) is 0 Å². The maximum atomic E-state index is 13.7. The van der Waals surface area contributed by atoms with Crippen LogP contribution in [0.5, 0.6) is 0 Å². The summed E-state index contributed by atoms with van der Waals surface area (Å²) in [4.78, 5) is 13.6. The lowest BCUT2D eigenvalue weighted by molar-refractivity contribution is 0.0786. The predicted molar refractivity (Wildman–Crippen MR) is 62.6 cm³/mol. The van der Waals surface area contributed by atoms with Crippen LogP contribution in [-0.4, -0.2) is 29.9 Å². The van der Waals surface area contributed by atoms with Crippen LogP contribution in [0.1, 0.15) is 16.8 Å². The monoisotopic (exact) mass is 286 g/mol. The number of nitrogens with zero attached hydrogens (tertiary/aromatic N) is 1. The molecule has 16 heavy (non-hydrogen) atoms. The van der Waals surface area contributed by atoms with Crippen molar-refractivity contribution in [2.45, 2.75) is 12.5 Å². The molecule has 0 unspecified atom stereocenters. The van der Waals surface area contributed by atoms with Gasteiger partial charge in [-0.3, -0.25) is 4.79 Å². The molecule has 1 aliphatic rings. The van der Waals surface area contributed by atoms with Crippen molar-refractivity contribution < 1.29 is 9.18 Å². The van der Waals surface area contributed by atoms with Crippen LogP contribution in [0, 0.1) is 5.82 Å². The number of amides is 1. The lowest BCUT2D eigenvalue weighted by Crippen LogP contribution is -2.32. The molecule has 1 fully saturated rings. The van der Waals surface area contributed by atoms with E-state index in [1.807, 2.05) is 0 Å². The van der Waals surface area contributed by atoms with Crippen LogP contribution < -0.4 is 5.73 Å². The molecule has 0 aliphatic carbocycles. The fraction of sp³-hybridized carbons (Fsp3) is 0.364. The van der Waals surface area contributed by atoms with E-state index < -0.39 is 5.82 Å². The van der Waals surface area contributed by atoms with E-state index in [0.717, 1.165) is 6.42 Å². The van der Waals surface area contributed by atoms with E-state index in [0.29, 0.717) is 17.6 Å². The molecular formula is C11H12BrFN2O. The molecule has 3 nitrogen and oxygen atoms in total. The molecule has 1 aromatic carbocycles. The Kier molecular flexibility index (Phi) is 3.25. The molecule has 0 bridgehead atoms. The third-order valence-electron chi connectivity index (χ3n) is 2.69. The van der Waals surface area contributed by atoms with Gasteiger partial charge in [0.15, 0.2) is 0 Å². The molecule has 1 atom stereocenters. The van der Waals surface area contributed by atoms with Crippen molar-refractivity contribution in [3.8, 4) is 0 Å². The van der Waals surface area contributed by atoms with Crippen molar-refractivity contribution in [2.24, 2.45) is 5.73 Å². The Balaban J connectivity index is 2.24.